The third-order valence-electron chi connectivity index (χ3n) is 7.59. The lowest BCUT2D eigenvalue weighted by atomic mass is 9.91. The van der Waals surface area contributed by atoms with Gasteiger partial charge in [0.2, 0.25) is 5.91 Å². The maximum Gasteiger partial charge on any atom is 0.276 e. The summed E-state index contributed by atoms with van der Waals surface area (Å²) in [6, 6.07) is 9.86. The number of carbonyl (C=O) groups is 2. The Morgan fingerprint density at radius 3 is 2.55 bits per heavy atom. The smallest absolute Gasteiger partial charge is 0.276 e. The van der Waals surface area contributed by atoms with Crippen molar-refractivity contribution in [3.63, 3.8) is 0 Å². The van der Waals surface area contributed by atoms with Crippen LogP contribution >= 0.6 is 0 Å². The Labute approximate surface area is 194 Å². The second kappa shape index (κ2) is 8.08. The van der Waals surface area contributed by atoms with Crippen molar-refractivity contribution >= 4 is 28.6 Å². The first-order valence-corrected chi connectivity index (χ1v) is 12.1. The minimum Gasteiger partial charge on any atom is -0.460 e. The second-order valence-corrected chi connectivity index (χ2v) is 10.0. The third kappa shape index (κ3) is 3.56. The topological polar surface area (TPSA) is 67.5 Å². The van der Waals surface area contributed by atoms with Crippen molar-refractivity contribution in [2.24, 2.45) is 0 Å². The molecule has 3 heterocycles. The largest absolute Gasteiger partial charge is 0.460 e. The summed E-state index contributed by atoms with van der Waals surface area (Å²) >= 11 is 0. The van der Waals surface area contributed by atoms with E-state index in [4.69, 9.17) is 4.42 Å². The van der Waals surface area contributed by atoms with Crippen molar-refractivity contribution in [1.29, 1.82) is 0 Å². The maximum atomic E-state index is 14.0. The van der Waals surface area contributed by atoms with E-state index in [9.17, 15) is 9.59 Å². The maximum absolute atomic E-state index is 14.0. The third-order valence-corrected chi connectivity index (χ3v) is 7.59. The molecule has 6 nitrogen and oxygen atoms in total. The Morgan fingerprint density at radius 2 is 1.82 bits per heavy atom. The van der Waals surface area contributed by atoms with E-state index in [1.54, 1.807) is 4.90 Å². The van der Waals surface area contributed by atoms with Gasteiger partial charge in [0, 0.05) is 23.9 Å². The molecule has 1 atom stereocenters. The van der Waals surface area contributed by atoms with Crippen LogP contribution in [0.2, 0.25) is 0 Å². The van der Waals surface area contributed by atoms with Gasteiger partial charge in [0.15, 0.2) is 5.58 Å². The van der Waals surface area contributed by atoms with Gasteiger partial charge >= 0.3 is 0 Å². The van der Waals surface area contributed by atoms with Gasteiger partial charge in [-0.2, -0.15) is 0 Å². The molecule has 0 unspecified atom stereocenters. The average molecular weight is 448 g/mol. The van der Waals surface area contributed by atoms with Crippen LogP contribution in [0.4, 0.5) is 5.69 Å². The number of hydrogen-bond donors (Lipinski definition) is 1. The molecule has 1 aromatic carbocycles. The van der Waals surface area contributed by atoms with Crippen LogP contribution in [0.25, 0.3) is 11.1 Å². The molecule has 174 valence electrons. The number of furan rings is 1. The summed E-state index contributed by atoms with van der Waals surface area (Å²) in [5.41, 5.74) is 3.95. The van der Waals surface area contributed by atoms with E-state index >= 15 is 0 Å². The zero-order valence-electron chi connectivity index (χ0n) is 20.0. The number of anilines is 1. The highest BCUT2D eigenvalue weighted by atomic mass is 16.3. The lowest BCUT2D eigenvalue weighted by Gasteiger charge is -2.45. The van der Waals surface area contributed by atoms with Crippen LogP contribution in [-0.4, -0.2) is 28.0 Å². The standard InChI is InChI=1S/C27H33N3O3/c1-17-10-9-13-21(19(17)3)30-25(31)23-15-24-22(14-18(2)33-24)29(23)16-27(30,4)26(32)28-20-11-7-5-6-8-12-20/h9-10,13-15,20H,5-8,11-12,16H2,1-4H3,(H,28,32)/t27-/m0/s1. The number of amides is 2. The SMILES string of the molecule is Cc1cc2c(cc3n2C[C@@](C)(C(=O)NC2CCCCCC2)N(c2cccc(C)c2C)C3=O)o1. The number of aromatic nitrogens is 1. The van der Waals surface area contributed by atoms with Crippen molar-refractivity contribution in [1.82, 2.24) is 9.88 Å². The van der Waals surface area contributed by atoms with Crippen LogP contribution in [0.15, 0.2) is 34.7 Å². The lowest BCUT2D eigenvalue weighted by Crippen LogP contribution is -2.65. The first-order valence-electron chi connectivity index (χ1n) is 12.1. The lowest BCUT2D eigenvalue weighted by molar-refractivity contribution is -0.127. The number of hydrogen-bond acceptors (Lipinski definition) is 3. The van der Waals surface area contributed by atoms with Crippen molar-refractivity contribution < 1.29 is 14.0 Å². The highest BCUT2D eigenvalue weighted by Crippen LogP contribution is 2.38. The van der Waals surface area contributed by atoms with Gasteiger partial charge in [-0.25, -0.2) is 0 Å². The summed E-state index contributed by atoms with van der Waals surface area (Å²) in [6.45, 7) is 8.24. The van der Waals surface area contributed by atoms with Crippen molar-refractivity contribution in [3.05, 3.63) is 52.9 Å². The van der Waals surface area contributed by atoms with Gasteiger partial charge in [-0.05, 0) is 57.7 Å². The molecular formula is C27H33N3O3. The number of aryl methyl sites for hydroxylation is 2. The number of benzene rings is 1. The molecule has 2 amide bonds. The van der Waals surface area contributed by atoms with Crippen molar-refractivity contribution in [2.75, 3.05) is 4.90 Å². The van der Waals surface area contributed by atoms with E-state index in [1.165, 1.54) is 12.8 Å². The predicted octanol–water partition coefficient (Wildman–Crippen LogP) is 5.42. The summed E-state index contributed by atoms with van der Waals surface area (Å²) in [5.74, 6) is 0.540. The molecule has 6 heteroatoms. The van der Waals surface area contributed by atoms with Gasteiger partial charge in [-0.3, -0.25) is 14.5 Å². The van der Waals surface area contributed by atoms with Crippen molar-refractivity contribution in [3.8, 4) is 0 Å². The van der Waals surface area contributed by atoms with Crippen LogP contribution in [0.3, 0.4) is 0 Å². The average Bonchev–Trinajstić information content (AvgIpc) is 3.16. The number of nitrogens with one attached hydrogen (secondary N) is 1. The molecule has 33 heavy (non-hydrogen) atoms. The summed E-state index contributed by atoms with van der Waals surface area (Å²) in [7, 11) is 0. The monoisotopic (exact) mass is 447 g/mol. The van der Waals surface area contributed by atoms with Gasteiger partial charge < -0.3 is 14.3 Å². The van der Waals surface area contributed by atoms with Crippen LogP contribution in [0.5, 0.6) is 0 Å². The molecular weight excluding hydrogens is 414 g/mol. The number of fused-ring (bicyclic) bond motifs is 3. The Kier molecular flexibility index (Phi) is 5.34. The first kappa shape index (κ1) is 21.8. The van der Waals surface area contributed by atoms with E-state index in [1.807, 2.05) is 62.6 Å². The minimum atomic E-state index is -1.06. The molecule has 3 aromatic rings. The van der Waals surface area contributed by atoms with Gasteiger partial charge in [-0.1, -0.05) is 37.8 Å². The summed E-state index contributed by atoms with van der Waals surface area (Å²) < 4.78 is 7.79. The van der Waals surface area contributed by atoms with Crippen molar-refractivity contribution in [2.45, 2.75) is 84.3 Å². The van der Waals surface area contributed by atoms with Crippen LogP contribution in [0.1, 0.15) is 72.8 Å². The molecule has 1 aliphatic carbocycles. The Morgan fingerprint density at radius 1 is 1.09 bits per heavy atom. The number of rotatable bonds is 3. The van der Waals surface area contributed by atoms with Crippen LogP contribution < -0.4 is 10.2 Å². The number of nitrogens with zero attached hydrogens (tertiary/aromatic N) is 2. The van der Waals surface area contributed by atoms with Gasteiger partial charge in [0.25, 0.3) is 5.91 Å². The molecule has 0 spiro atoms. The van der Waals surface area contributed by atoms with Gasteiger partial charge in [-0.15, -0.1) is 0 Å². The highest BCUT2D eigenvalue weighted by molar-refractivity contribution is 6.14. The molecule has 1 N–H and O–H groups in total. The van der Waals surface area contributed by atoms with E-state index in [0.29, 0.717) is 17.8 Å². The molecule has 2 aromatic heterocycles. The summed E-state index contributed by atoms with van der Waals surface area (Å²) in [4.78, 5) is 29.7. The molecule has 0 radical (unpaired) electrons. The fourth-order valence-corrected chi connectivity index (χ4v) is 5.52. The van der Waals surface area contributed by atoms with Crippen LogP contribution in [-0.2, 0) is 11.3 Å². The zero-order valence-corrected chi connectivity index (χ0v) is 20.0. The molecule has 0 bridgehead atoms. The van der Waals surface area contributed by atoms with E-state index < -0.39 is 5.54 Å². The molecule has 1 aliphatic heterocycles. The van der Waals surface area contributed by atoms with E-state index in [2.05, 4.69) is 5.32 Å². The molecule has 5 rings (SSSR count). The Hall–Kier alpha value is -3.02. The fourth-order valence-electron chi connectivity index (χ4n) is 5.52. The first-order chi connectivity index (χ1) is 15.8. The Balaban J connectivity index is 1.62. The minimum absolute atomic E-state index is 0.0867. The molecule has 0 saturated heterocycles. The van der Waals surface area contributed by atoms with Gasteiger partial charge in [0.1, 0.15) is 17.0 Å². The normalized spacial score (nSPS) is 21.8. The summed E-state index contributed by atoms with van der Waals surface area (Å²) in [5, 5.41) is 3.33. The molecule has 2 aliphatic rings. The Bertz CT molecular complexity index is 1230. The predicted molar refractivity (Wildman–Crippen MR) is 130 cm³/mol. The fraction of sp³-hybridized carbons (Fsp3) is 0.481. The van der Waals surface area contributed by atoms with Crippen LogP contribution in [0, 0.1) is 20.8 Å². The van der Waals surface area contributed by atoms with E-state index in [-0.39, 0.29) is 17.9 Å². The highest BCUT2D eigenvalue weighted by Gasteiger charge is 2.49. The molecule has 1 saturated carbocycles. The number of carbonyl (C=O) groups excluding carboxylic acids is 2. The summed E-state index contributed by atoms with van der Waals surface area (Å²) in [6.07, 6.45) is 6.72. The second-order valence-electron chi connectivity index (χ2n) is 10.0. The quantitative estimate of drug-likeness (QED) is 0.545. The van der Waals surface area contributed by atoms with Gasteiger partial charge in [0.05, 0.1) is 12.1 Å². The van der Waals surface area contributed by atoms with E-state index in [0.717, 1.165) is 53.8 Å². The zero-order chi connectivity index (χ0) is 23.3. The molecule has 1 fully saturated rings.